The van der Waals surface area contributed by atoms with Crippen molar-refractivity contribution in [3.8, 4) is 0 Å². The molecule has 0 amide bonds. The van der Waals surface area contributed by atoms with Gasteiger partial charge in [0, 0.05) is 11.6 Å². The molecule has 4 heteroatoms. The molecule has 1 aromatic rings. The molecule has 0 heterocycles. The molecule has 68 valence electrons. The molecule has 0 aromatic heterocycles. The molecule has 0 bridgehead atoms. The molecule has 0 aliphatic heterocycles. The molecule has 0 aliphatic rings. The number of hydrogen-bond donors (Lipinski definition) is 0. The lowest BCUT2D eigenvalue weighted by Crippen LogP contribution is -1.93. The van der Waals surface area contributed by atoms with E-state index in [1.54, 1.807) is 23.2 Å². The van der Waals surface area contributed by atoms with Crippen LogP contribution in [-0.2, 0) is 6.42 Å². The van der Waals surface area contributed by atoms with Gasteiger partial charge in [-0.05, 0) is 11.4 Å². The minimum atomic E-state index is -0.364. The average molecular weight is 242 g/mol. The Hall–Kier alpha value is -1.16. The number of rotatable bonds is 3. The van der Waals surface area contributed by atoms with Crippen LogP contribution in [0.1, 0.15) is 5.56 Å². The quantitative estimate of drug-likeness (QED) is 0.603. The van der Waals surface area contributed by atoms with Crippen molar-refractivity contribution in [3.63, 3.8) is 0 Å². The van der Waals surface area contributed by atoms with E-state index in [1.807, 2.05) is 6.08 Å². The van der Waals surface area contributed by atoms with Gasteiger partial charge in [-0.3, -0.25) is 10.1 Å². The summed E-state index contributed by atoms with van der Waals surface area (Å²) >= 11 is 3.12. The van der Waals surface area contributed by atoms with E-state index in [0.29, 0.717) is 6.42 Å². The molecule has 0 N–H and O–H groups in total. The van der Waals surface area contributed by atoms with E-state index in [4.69, 9.17) is 0 Å². The monoisotopic (exact) mass is 241 g/mol. The van der Waals surface area contributed by atoms with E-state index >= 15 is 0 Å². The summed E-state index contributed by atoms with van der Waals surface area (Å²) in [6, 6.07) is 6.73. The number of allylic oxidation sites excluding steroid dienone is 1. The molecule has 0 aliphatic carbocycles. The van der Waals surface area contributed by atoms with Gasteiger partial charge in [0.05, 0.1) is 4.92 Å². The maximum Gasteiger partial charge on any atom is 0.272 e. The molecule has 0 atom stereocenters. The first-order chi connectivity index (χ1) is 6.25. The molecule has 0 unspecified atom stereocenters. The third-order valence-electron chi connectivity index (χ3n) is 1.62. The second kappa shape index (κ2) is 4.77. The lowest BCUT2D eigenvalue weighted by Gasteiger charge is -1.97. The summed E-state index contributed by atoms with van der Waals surface area (Å²) in [6.45, 7) is 0. The second-order valence-corrected chi connectivity index (χ2v) is 2.98. The van der Waals surface area contributed by atoms with Gasteiger partial charge >= 0.3 is 0 Å². The molecule has 1 aromatic carbocycles. The highest BCUT2D eigenvalue weighted by Crippen LogP contribution is 2.18. The van der Waals surface area contributed by atoms with E-state index in [9.17, 15) is 10.1 Å². The van der Waals surface area contributed by atoms with E-state index in [0.717, 1.165) is 5.56 Å². The molecular weight excluding hydrogens is 234 g/mol. The average Bonchev–Trinajstić information content (AvgIpc) is 2.15. The lowest BCUT2D eigenvalue weighted by atomic mass is 10.1. The molecule has 0 saturated heterocycles. The van der Waals surface area contributed by atoms with Crippen molar-refractivity contribution in [2.75, 3.05) is 0 Å². The van der Waals surface area contributed by atoms with Gasteiger partial charge in [-0.1, -0.05) is 40.2 Å². The van der Waals surface area contributed by atoms with Gasteiger partial charge in [0.15, 0.2) is 0 Å². The highest BCUT2D eigenvalue weighted by molar-refractivity contribution is 9.11. The molecule has 1 rings (SSSR count). The van der Waals surface area contributed by atoms with Gasteiger partial charge in [-0.2, -0.15) is 0 Å². The Morgan fingerprint density at radius 2 is 2.15 bits per heavy atom. The number of nitrogens with zero attached hydrogens (tertiary/aromatic N) is 1. The van der Waals surface area contributed by atoms with Crippen LogP contribution in [0.2, 0.25) is 0 Å². The smallest absolute Gasteiger partial charge is 0.258 e. The zero-order valence-corrected chi connectivity index (χ0v) is 8.40. The summed E-state index contributed by atoms with van der Waals surface area (Å²) in [5.74, 6) is 0. The Labute approximate surface area is 84.4 Å². The van der Waals surface area contributed by atoms with Crippen molar-refractivity contribution >= 4 is 21.6 Å². The topological polar surface area (TPSA) is 43.1 Å². The zero-order valence-electron chi connectivity index (χ0n) is 6.81. The van der Waals surface area contributed by atoms with Crippen molar-refractivity contribution < 1.29 is 4.92 Å². The Morgan fingerprint density at radius 3 is 2.77 bits per heavy atom. The Balaban J connectivity index is 2.97. The Morgan fingerprint density at radius 1 is 1.46 bits per heavy atom. The van der Waals surface area contributed by atoms with Gasteiger partial charge in [0.25, 0.3) is 5.69 Å². The predicted octanol–water partition coefficient (Wildman–Crippen LogP) is 3.05. The van der Waals surface area contributed by atoms with Crippen molar-refractivity contribution in [1.29, 1.82) is 0 Å². The zero-order chi connectivity index (χ0) is 9.68. The maximum absolute atomic E-state index is 10.6. The van der Waals surface area contributed by atoms with Crippen molar-refractivity contribution in [1.82, 2.24) is 0 Å². The second-order valence-electron chi connectivity index (χ2n) is 2.45. The van der Waals surface area contributed by atoms with Gasteiger partial charge in [0.2, 0.25) is 0 Å². The first kappa shape index (κ1) is 9.92. The highest BCUT2D eigenvalue weighted by atomic mass is 79.9. The highest BCUT2D eigenvalue weighted by Gasteiger charge is 2.09. The van der Waals surface area contributed by atoms with E-state index in [2.05, 4.69) is 15.9 Å². The van der Waals surface area contributed by atoms with Crippen LogP contribution in [0.4, 0.5) is 5.69 Å². The van der Waals surface area contributed by atoms with Gasteiger partial charge in [0.1, 0.15) is 0 Å². The van der Waals surface area contributed by atoms with Crippen LogP contribution in [0.3, 0.4) is 0 Å². The number of para-hydroxylation sites is 1. The van der Waals surface area contributed by atoms with E-state index in [-0.39, 0.29) is 10.6 Å². The first-order valence-corrected chi connectivity index (χ1v) is 4.65. The van der Waals surface area contributed by atoms with Crippen molar-refractivity contribution in [2.45, 2.75) is 6.42 Å². The van der Waals surface area contributed by atoms with E-state index in [1.165, 1.54) is 6.07 Å². The van der Waals surface area contributed by atoms with Crippen LogP contribution >= 0.6 is 15.9 Å². The molecule has 0 spiro atoms. The summed E-state index contributed by atoms with van der Waals surface area (Å²) in [6.07, 6.45) is 2.39. The van der Waals surface area contributed by atoms with Crippen LogP contribution in [0.25, 0.3) is 0 Å². The third kappa shape index (κ3) is 2.66. The maximum atomic E-state index is 10.6. The third-order valence-corrected chi connectivity index (χ3v) is 1.99. The fraction of sp³-hybridized carbons (Fsp3) is 0.111. The molecule has 0 radical (unpaired) electrons. The first-order valence-electron chi connectivity index (χ1n) is 3.73. The summed E-state index contributed by atoms with van der Waals surface area (Å²) in [5.41, 5.74) is 0.899. The van der Waals surface area contributed by atoms with Crippen molar-refractivity contribution in [3.05, 3.63) is 51.0 Å². The molecule has 3 nitrogen and oxygen atoms in total. The number of nitro groups is 1. The van der Waals surface area contributed by atoms with Crippen LogP contribution in [-0.4, -0.2) is 4.92 Å². The largest absolute Gasteiger partial charge is 0.272 e. The fourth-order valence-corrected chi connectivity index (χ4v) is 1.22. The van der Waals surface area contributed by atoms with Crippen LogP contribution in [0.15, 0.2) is 35.3 Å². The van der Waals surface area contributed by atoms with Crippen LogP contribution in [0.5, 0.6) is 0 Å². The lowest BCUT2D eigenvalue weighted by molar-refractivity contribution is -0.385. The van der Waals surface area contributed by atoms with Gasteiger partial charge < -0.3 is 0 Å². The normalized spacial score (nSPS) is 10.5. The predicted molar refractivity (Wildman–Crippen MR) is 54.9 cm³/mol. The van der Waals surface area contributed by atoms with E-state index < -0.39 is 0 Å². The molecule has 0 fully saturated rings. The molecule has 13 heavy (non-hydrogen) atoms. The fourth-order valence-electron chi connectivity index (χ4n) is 1.03. The Kier molecular flexibility index (Phi) is 3.64. The Bertz CT molecular complexity index is 336. The standard InChI is InChI=1S/C9H8BrNO2/c10-7-3-5-8-4-1-2-6-9(8)11(12)13/h1-4,6-7H,5H2/b7-3+. The molecular formula is C9H8BrNO2. The summed E-state index contributed by atoms with van der Waals surface area (Å²) in [4.78, 5) is 11.9. The summed E-state index contributed by atoms with van der Waals surface area (Å²) < 4.78 is 0. The summed E-state index contributed by atoms with van der Waals surface area (Å²) in [5, 5.41) is 10.6. The number of hydrogen-bond acceptors (Lipinski definition) is 2. The minimum Gasteiger partial charge on any atom is -0.258 e. The number of nitro benzene ring substituents is 1. The van der Waals surface area contributed by atoms with Gasteiger partial charge in [-0.15, -0.1) is 0 Å². The SMILES string of the molecule is O=[N+]([O-])c1ccccc1C/C=C/Br. The summed E-state index contributed by atoms with van der Waals surface area (Å²) in [7, 11) is 0. The van der Waals surface area contributed by atoms with Crippen LogP contribution in [0, 0.1) is 10.1 Å². The van der Waals surface area contributed by atoms with Gasteiger partial charge in [-0.25, -0.2) is 0 Å². The van der Waals surface area contributed by atoms with Crippen LogP contribution < -0.4 is 0 Å². The minimum absolute atomic E-state index is 0.174. The molecule has 0 saturated carbocycles. The number of halogens is 1. The number of benzene rings is 1. The van der Waals surface area contributed by atoms with Crippen molar-refractivity contribution in [2.24, 2.45) is 0 Å².